The lowest BCUT2D eigenvalue weighted by atomic mass is 9.95. The molecule has 0 heterocycles. The molecule has 0 spiro atoms. The van der Waals surface area contributed by atoms with Gasteiger partial charge in [0.05, 0.1) is 7.11 Å². The van der Waals surface area contributed by atoms with Crippen LogP contribution in [0.4, 0.5) is 0 Å². The quantitative estimate of drug-likeness (QED) is 0.846. The van der Waals surface area contributed by atoms with E-state index in [2.05, 4.69) is 12.1 Å². The van der Waals surface area contributed by atoms with Crippen LogP contribution in [0.5, 0.6) is 5.75 Å². The van der Waals surface area contributed by atoms with Crippen LogP contribution in [0.25, 0.3) is 10.8 Å². The van der Waals surface area contributed by atoms with Crippen LogP contribution in [0.1, 0.15) is 5.56 Å². The zero-order valence-corrected chi connectivity index (χ0v) is 10.6. The number of hydrogen-bond acceptors (Lipinski definition) is 3. The van der Waals surface area contributed by atoms with Gasteiger partial charge in [-0.15, -0.1) is 0 Å². The molecule has 1 unspecified atom stereocenters. The maximum atomic E-state index is 9.26. The fraction of sp³-hybridized carbons (Fsp3) is 0.333. The molecule has 0 saturated heterocycles. The lowest BCUT2D eigenvalue weighted by molar-refractivity contribution is 0.230. The fourth-order valence-electron chi connectivity index (χ4n) is 2.22. The number of hydrogen-bond donors (Lipinski definition) is 2. The average Bonchev–Trinajstić information content (AvgIpc) is 2.44. The molecule has 1 atom stereocenters. The van der Waals surface area contributed by atoms with Gasteiger partial charge < -0.3 is 15.6 Å². The number of fused-ring (bicyclic) bond motifs is 1. The van der Waals surface area contributed by atoms with Crippen molar-refractivity contribution in [3.63, 3.8) is 0 Å². The van der Waals surface area contributed by atoms with Gasteiger partial charge in [-0.25, -0.2) is 0 Å². The number of rotatable bonds is 5. The molecule has 0 aliphatic heterocycles. The molecule has 0 aliphatic carbocycles. The van der Waals surface area contributed by atoms with Crippen LogP contribution in [0.3, 0.4) is 0 Å². The Morgan fingerprint density at radius 2 is 1.89 bits per heavy atom. The van der Waals surface area contributed by atoms with Gasteiger partial charge in [-0.3, -0.25) is 0 Å². The number of ether oxygens (including phenoxy) is 1. The summed E-state index contributed by atoms with van der Waals surface area (Å²) in [6.07, 6.45) is 0.789. The van der Waals surface area contributed by atoms with Gasteiger partial charge in [0, 0.05) is 12.0 Å². The second-order valence-electron chi connectivity index (χ2n) is 4.46. The zero-order valence-electron chi connectivity index (χ0n) is 10.6. The lowest BCUT2D eigenvalue weighted by Crippen LogP contribution is -2.20. The predicted molar refractivity (Wildman–Crippen MR) is 73.8 cm³/mol. The summed E-state index contributed by atoms with van der Waals surface area (Å²) >= 11 is 0. The molecule has 3 nitrogen and oxygen atoms in total. The first-order valence-corrected chi connectivity index (χ1v) is 6.15. The van der Waals surface area contributed by atoms with Crippen molar-refractivity contribution in [3.05, 3.63) is 42.0 Å². The molecule has 0 radical (unpaired) electrons. The molecular weight excluding hydrogens is 226 g/mol. The van der Waals surface area contributed by atoms with Crippen molar-refractivity contribution < 1.29 is 9.84 Å². The monoisotopic (exact) mass is 245 g/mol. The summed E-state index contributed by atoms with van der Waals surface area (Å²) in [6.45, 7) is 0.619. The van der Waals surface area contributed by atoms with Crippen LogP contribution in [0, 0.1) is 5.92 Å². The molecular formula is C15H19NO2. The second kappa shape index (κ2) is 5.85. The third-order valence-corrected chi connectivity index (χ3v) is 3.29. The average molecular weight is 245 g/mol. The van der Waals surface area contributed by atoms with Crippen molar-refractivity contribution in [1.29, 1.82) is 0 Å². The first-order chi connectivity index (χ1) is 8.80. The Morgan fingerprint density at radius 3 is 2.50 bits per heavy atom. The summed E-state index contributed by atoms with van der Waals surface area (Å²) in [5.74, 6) is 0.990. The fourth-order valence-corrected chi connectivity index (χ4v) is 2.22. The Kier molecular flexibility index (Phi) is 4.18. The first-order valence-electron chi connectivity index (χ1n) is 6.15. The molecule has 96 valence electrons. The Morgan fingerprint density at radius 1 is 1.17 bits per heavy atom. The van der Waals surface area contributed by atoms with Gasteiger partial charge in [0.25, 0.3) is 0 Å². The maximum absolute atomic E-state index is 9.26. The SMILES string of the molecule is COc1ccc(CC(CN)CO)c2ccccc12. The largest absolute Gasteiger partial charge is 0.496 e. The lowest BCUT2D eigenvalue weighted by Gasteiger charge is -2.15. The van der Waals surface area contributed by atoms with Crippen LogP contribution in [-0.4, -0.2) is 25.4 Å². The summed E-state index contributed by atoms with van der Waals surface area (Å²) in [4.78, 5) is 0. The normalized spacial score (nSPS) is 12.6. The summed E-state index contributed by atoms with van der Waals surface area (Å²) in [5.41, 5.74) is 6.85. The van der Waals surface area contributed by atoms with E-state index in [9.17, 15) is 5.11 Å². The highest BCUT2D eigenvalue weighted by Gasteiger charge is 2.11. The Bertz CT molecular complexity index is 521. The van der Waals surface area contributed by atoms with Crippen LogP contribution in [0.15, 0.2) is 36.4 Å². The standard InChI is InChI=1S/C15H19NO2/c1-18-15-7-6-12(8-11(9-16)10-17)13-4-2-3-5-14(13)15/h2-7,11,17H,8-10,16H2,1H3. The maximum Gasteiger partial charge on any atom is 0.126 e. The molecule has 2 rings (SSSR count). The van der Waals surface area contributed by atoms with Crippen molar-refractivity contribution >= 4 is 10.8 Å². The summed E-state index contributed by atoms with van der Waals surface area (Å²) in [6, 6.07) is 12.2. The van der Waals surface area contributed by atoms with Crippen molar-refractivity contribution in [2.75, 3.05) is 20.3 Å². The smallest absolute Gasteiger partial charge is 0.126 e. The third-order valence-electron chi connectivity index (χ3n) is 3.29. The molecule has 2 aromatic rings. The van der Waals surface area contributed by atoms with Gasteiger partial charge >= 0.3 is 0 Å². The van der Waals surface area contributed by atoms with Gasteiger partial charge in [0.1, 0.15) is 5.75 Å². The second-order valence-corrected chi connectivity index (χ2v) is 4.46. The number of benzene rings is 2. The van der Waals surface area contributed by atoms with Gasteiger partial charge in [-0.2, -0.15) is 0 Å². The van der Waals surface area contributed by atoms with Crippen molar-refractivity contribution in [2.45, 2.75) is 6.42 Å². The topological polar surface area (TPSA) is 55.5 Å². The number of aliphatic hydroxyl groups excluding tert-OH is 1. The minimum absolute atomic E-state index is 0.113. The van der Waals surface area contributed by atoms with Gasteiger partial charge in [0.2, 0.25) is 0 Å². The number of methoxy groups -OCH3 is 1. The van der Waals surface area contributed by atoms with Crippen LogP contribution in [-0.2, 0) is 6.42 Å². The van der Waals surface area contributed by atoms with Crippen molar-refractivity contribution in [2.24, 2.45) is 11.7 Å². The molecule has 0 aliphatic rings. The minimum atomic E-state index is 0.113. The van der Waals surface area contributed by atoms with Crippen molar-refractivity contribution in [3.8, 4) is 5.75 Å². The molecule has 0 fully saturated rings. The molecule has 3 heteroatoms. The van der Waals surface area contributed by atoms with Gasteiger partial charge in [-0.05, 0) is 35.9 Å². The molecule has 0 aromatic heterocycles. The molecule has 2 aromatic carbocycles. The Labute approximate surface area is 107 Å². The molecule has 3 N–H and O–H groups in total. The van der Waals surface area contributed by atoms with Crippen LogP contribution in [0.2, 0.25) is 0 Å². The van der Waals surface area contributed by atoms with E-state index in [1.165, 1.54) is 10.9 Å². The predicted octanol–water partition coefficient (Wildman–Crippen LogP) is 1.96. The summed E-state index contributed by atoms with van der Waals surface area (Å²) < 4.78 is 5.37. The highest BCUT2D eigenvalue weighted by Crippen LogP contribution is 2.29. The van der Waals surface area contributed by atoms with Gasteiger partial charge in [-0.1, -0.05) is 30.3 Å². The molecule has 18 heavy (non-hydrogen) atoms. The van der Waals surface area contributed by atoms with Crippen LogP contribution >= 0.6 is 0 Å². The van der Waals surface area contributed by atoms with E-state index < -0.39 is 0 Å². The highest BCUT2D eigenvalue weighted by atomic mass is 16.5. The van der Waals surface area contributed by atoms with Crippen molar-refractivity contribution in [1.82, 2.24) is 0 Å². The highest BCUT2D eigenvalue weighted by molar-refractivity contribution is 5.91. The van der Waals surface area contributed by atoms with E-state index >= 15 is 0 Å². The minimum Gasteiger partial charge on any atom is -0.496 e. The Hall–Kier alpha value is -1.58. The van der Waals surface area contributed by atoms with Crippen LogP contribution < -0.4 is 10.5 Å². The van der Waals surface area contributed by atoms with E-state index in [0.717, 1.165) is 17.6 Å². The summed E-state index contributed by atoms with van der Waals surface area (Å²) in [5, 5.41) is 11.5. The first kappa shape index (κ1) is 12.9. The van der Waals surface area contributed by atoms with E-state index in [-0.39, 0.29) is 12.5 Å². The molecule has 0 bridgehead atoms. The molecule has 0 amide bonds. The molecule has 0 saturated carbocycles. The Balaban J connectivity index is 2.46. The number of aliphatic hydroxyl groups is 1. The number of nitrogens with two attached hydrogens (primary N) is 1. The van der Waals surface area contributed by atoms with E-state index in [1.54, 1.807) is 7.11 Å². The third kappa shape index (κ3) is 2.47. The van der Waals surface area contributed by atoms with E-state index in [1.807, 2.05) is 24.3 Å². The van der Waals surface area contributed by atoms with E-state index in [4.69, 9.17) is 10.5 Å². The van der Waals surface area contributed by atoms with Gasteiger partial charge in [0.15, 0.2) is 0 Å². The van der Waals surface area contributed by atoms with E-state index in [0.29, 0.717) is 6.54 Å². The zero-order chi connectivity index (χ0) is 13.0. The summed E-state index contributed by atoms with van der Waals surface area (Å²) in [7, 11) is 1.68.